The number of carbonyl (C=O) groups excluding carboxylic acids is 3. The third kappa shape index (κ3) is 10.6. The maximum atomic E-state index is 13.0. The first kappa shape index (κ1) is 30.5. The van der Waals surface area contributed by atoms with Crippen LogP contribution in [-0.4, -0.2) is 53.4 Å². The first-order valence-corrected chi connectivity index (χ1v) is 13.7. The number of benzene rings is 2. The van der Waals surface area contributed by atoms with Gasteiger partial charge in [0.1, 0.15) is 16.9 Å². The number of fused-ring (bicyclic) bond motifs is 1. The highest BCUT2D eigenvalue weighted by atomic mass is 16.6. The fourth-order valence-electron chi connectivity index (χ4n) is 4.10. The van der Waals surface area contributed by atoms with E-state index in [2.05, 4.69) is 45.2 Å². The van der Waals surface area contributed by atoms with E-state index in [0.717, 1.165) is 22.9 Å². The Bertz CT molecular complexity index is 1290. The molecule has 0 aliphatic heterocycles. The Balaban J connectivity index is 1.59. The summed E-state index contributed by atoms with van der Waals surface area (Å²) in [5.74, 6) is -0.274. The van der Waals surface area contributed by atoms with Gasteiger partial charge in [0, 0.05) is 30.0 Å². The van der Waals surface area contributed by atoms with E-state index in [1.807, 2.05) is 30.3 Å². The Morgan fingerprint density at radius 2 is 1.50 bits per heavy atom. The molecule has 0 bridgehead atoms. The lowest BCUT2D eigenvalue weighted by Gasteiger charge is -2.24. The van der Waals surface area contributed by atoms with E-state index in [-0.39, 0.29) is 12.5 Å². The zero-order chi connectivity index (χ0) is 29.3. The molecule has 1 heterocycles. The molecule has 0 aliphatic carbocycles. The van der Waals surface area contributed by atoms with Crippen LogP contribution in [0.15, 0.2) is 54.6 Å². The molecule has 3 aromatic rings. The number of H-pyrrole nitrogens is 1. The SMILES string of the molecule is CC(C)(C)OC(=O)NCCCC(CNC(=O)c1cc2ccc(Cc3ccccc3)cc2[nH]1)NC(=O)OC(C)(C)C. The van der Waals surface area contributed by atoms with E-state index in [0.29, 0.717) is 25.1 Å². The van der Waals surface area contributed by atoms with Crippen molar-refractivity contribution in [2.24, 2.45) is 0 Å². The Kier molecular flexibility index (Phi) is 10.2. The number of hydrogen-bond donors (Lipinski definition) is 4. The molecule has 0 saturated carbocycles. The molecule has 0 saturated heterocycles. The van der Waals surface area contributed by atoms with Crippen molar-refractivity contribution in [3.63, 3.8) is 0 Å². The highest BCUT2D eigenvalue weighted by Crippen LogP contribution is 2.19. The Morgan fingerprint density at radius 3 is 2.17 bits per heavy atom. The summed E-state index contributed by atoms with van der Waals surface area (Å²) in [5, 5.41) is 9.40. The normalized spacial score (nSPS) is 12.4. The predicted octanol–water partition coefficient (Wildman–Crippen LogP) is 5.69. The minimum Gasteiger partial charge on any atom is -0.444 e. The van der Waals surface area contributed by atoms with Crippen molar-refractivity contribution in [1.29, 1.82) is 0 Å². The van der Waals surface area contributed by atoms with Crippen LogP contribution in [0.2, 0.25) is 0 Å². The van der Waals surface area contributed by atoms with Crippen LogP contribution < -0.4 is 16.0 Å². The van der Waals surface area contributed by atoms with Crippen molar-refractivity contribution < 1.29 is 23.9 Å². The molecular weight excluding hydrogens is 508 g/mol. The molecule has 4 N–H and O–H groups in total. The third-order valence-corrected chi connectivity index (χ3v) is 5.81. The second-order valence-corrected chi connectivity index (χ2v) is 11.9. The average Bonchev–Trinajstić information content (AvgIpc) is 3.27. The van der Waals surface area contributed by atoms with E-state index in [1.165, 1.54) is 5.56 Å². The summed E-state index contributed by atoms with van der Waals surface area (Å²) in [6.45, 7) is 11.3. The first-order chi connectivity index (χ1) is 18.8. The molecule has 9 nitrogen and oxygen atoms in total. The van der Waals surface area contributed by atoms with Gasteiger partial charge in [0.15, 0.2) is 0 Å². The molecule has 216 valence electrons. The van der Waals surface area contributed by atoms with Crippen molar-refractivity contribution in [3.05, 3.63) is 71.4 Å². The average molecular weight is 551 g/mol. The van der Waals surface area contributed by atoms with Crippen molar-refractivity contribution in [3.8, 4) is 0 Å². The maximum absolute atomic E-state index is 13.0. The fourth-order valence-corrected chi connectivity index (χ4v) is 4.10. The van der Waals surface area contributed by atoms with Gasteiger partial charge in [-0.15, -0.1) is 0 Å². The van der Waals surface area contributed by atoms with Crippen LogP contribution in [0.5, 0.6) is 0 Å². The van der Waals surface area contributed by atoms with Crippen LogP contribution in [0.3, 0.4) is 0 Å². The van der Waals surface area contributed by atoms with Crippen LogP contribution in [-0.2, 0) is 15.9 Å². The summed E-state index contributed by atoms with van der Waals surface area (Å²) < 4.78 is 10.6. The molecule has 1 atom stereocenters. The van der Waals surface area contributed by atoms with E-state index in [1.54, 1.807) is 41.5 Å². The monoisotopic (exact) mass is 550 g/mol. The quantitative estimate of drug-likeness (QED) is 0.242. The van der Waals surface area contributed by atoms with Crippen LogP contribution in [0, 0.1) is 0 Å². The van der Waals surface area contributed by atoms with E-state index in [9.17, 15) is 14.4 Å². The van der Waals surface area contributed by atoms with Crippen LogP contribution in [0.1, 0.15) is 76.0 Å². The highest BCUT2D eigenvalue weighted by molar-refractivity contribution is 5.98. The Hall–Kier alpha value is -4.01. The molecule has 3 amide bonds. The van der Waals surface area contributed by atoms with Gasteiger partial charge in [0.25, 0.3) is 5.91 Å². The first-order valence-electron chi connectivity index (χ1n) is 13.7. The number of carbonyl (C=O) groups is 3. The molecule has 3 rings (SSSR count). The topological polar surface area (TPSA) is 122 Å². The minimum atomic E-state index is -0.653. The van der Waals surface area contributed by atoms with Gasteiger partial charge in [-0.25, -0.2) is 9.59 Å². The molecule has 1 aromatic heterocycles. The van der Waals surface area contributed by atoms with Gasteiger partial charge < -0.3 is 30.4 Å². The van der Waals surface area contributed by atoms with Crippen molar-refractivity contribution in [2.45, 2.75) is 78.0 Å². The number of nitrogens with one attached hydrogen (secondary N) is 4. The summed E-state index contributed by atoms with van der Waals surface area (Å²) in [6.07, 6.45) is 0.807. The molecule has 0 spiro atoms. The summed E-state index contributed by atoms with van der Waals surface area (Å²) in [5.41, 5.74) is 2.45. The Labute approximate surface area is 236 Å². The zero-order valence-electron chi connectivity index (χ0n) is 24.4. The molecule has 0 aliphatic rings. The smallest absolute Gasteiger partial charge is 0.407 e. The number of rotatable bonds is 10. The van der Waals surface area contributed by atoms with Gasteiger partial charge in [-0.2, -0.15) is 0 Å². The molecule has 1 unspecified atom stereocenters. The van der Waals surface area contributed by atoms with Crippen LogP contribution in [0.25, 0.3) is 10.9 Å². The second-order valence-electron chi connectivity index (χ2n) is 11.9. The number of aromatic nitrogens is 1. The van der Waals surface area contributed by atoms with Gasteiger partial charge >= 0.3 is 12.2 Å². The van der Waals surface area contributed by atoms with Crippen LogP contribution in [0.4, 0.5) is 9.59 Å². The van der Waals surface area contributed by atoms with Crippen molar-refractivity contribution >= 4 is 29.0 Å². The van der Waals surface area contributed by atoms with E-state index >= 15 is 0 Å². The van der Waals surface area contributed by atoms with Gasteiger partial charge in [-0.05, 0) is 84.1 Å². The maximum Gasteiger partial charge on any atom is 0.407 e. The van der Waals surface area contributed by atoms with Crippen molar-refractivity contribution in [1.82, 2.24) is 20.9 Å². The van der Waals surface area contributed by atoms with Gasteiger partial charge in [0.05, 0.1) is 0 Å². The number of amides is 3. The molecule has 2 aromatic carbocycles. The molecule has 0 radical (unpaired) electrons. The second kappa shape index (κ2) is 13.4. The number of hydrogen-bond acceptors (Lipinski definition) is 5. The largest absolute Gasteiger partial charge is 0.444 e. The zero-order valence-corrected chi connectivity index (χ0v) is 24.4. The van der Waals surface area contributed by atoms with E-state index in [4.69, 9.17) is 9.47 Å². The standard InChI is InChI=1S/C31H42N4O5/c1-30(2,3)39-28(37)32-16-10-13-24(34-29(38)40-31(4,5)6)20-33-27(36)26-19-23-15-14-22(18-25(23)35-26)17-21-11-8-7-9-12-21/h7-9,11-12,14-15,18-19,24,35H,10,13,16-17,20H2,1-6H3,(H,32,37)(H,33,36)(H,34,38). The highest BCUT2D eigenvalue weighted by Gasteiger charge is 2.21. The lowest BCUT2D eigenvalue weighted by molar-refractivity contribution is 0.0487. The molecule has 9 heteroatoms. The fraction of sp³-hybridized carbons (Fsp3) is 0.452. The Morgan fingerprint density at radius 1 is 0.825 bits per heavy atom. The van der Waals surface area contributed by atoms with Gasteiger partial charge in [0.2, 0.25) is 0 Å². The van der Waals surface area contributed by atoms with Gasteiger partial charge in [-0.1, -0.05) is 42.5 Å². The summed E-state index contributed by atoms with van der Waals surface area (Å²) >= 11 is 0. The lowest BCUT2D eigenvalue weighted by Crippen LogP contribution is -2.46. The third-order valence-electron chi connectivity index (χ3n) is 5.81. The minimum absolute atomic E-state index is 0.194. The molecule has 40 heavy (non-hydrogen) atoms. The summed E-state index contributed by atoms with van der Waals surface area (Å²) in [6, 6.07) is 17.8. The van der Waals surface area contributed by atoms with E-state index < -0.39 is 29.4 Å². The summed E-state index contributed by atoms with van der Waals surface area (Å²) in [4.78, 5) is 40.5. The predicted molar refractivity (Wildman–Crippen MR) is 157 cm³/mol. The number of aromatic amines is 1. The molecule has 0 fully saturated rings. The van der Waals surface area contributed by atoms with Crippen LogP contribution >= 0.6 is 0 Å². The lowest BCUT2D eigenvalue weighted by atomic mass is 10.0. The number of alkyl carbamates (subject to hydrolysis) is 2. The molecular formula is C31H42N4O5. The number of ether oxygens (including phenoxy) is 2. The van der Waals surface area contributed by atoms with Gasteiger partial charge in [-0.3, -0.25) is 4.79 Å². The summed E-state index contributed by atoms with van der Waals surface area (Å²) in [7, 11) is 0. The van der Waals surface area contributed by atoms with Crippen molar-refractivity contribution in [2.75, 3.05) is 13.1 Å².